The van der Waals surface area contributed by atoms with Gasteiger partial charge in [0.15, 0.2) is 0 Å². The van der Waals surface area contributed by atoms with E-state index in [1.54, 1.807) is 0 Å². The van der Waals surface area contributed by atoms with E-state index >= 15 is 0 Å². The number of carbonyl (C=O) groups excluding carboxylic acids is 2. The zero-order valence-corrected chi connectivity index (χ0v) is 15.3. The Morgan fingerprint density at radius 2 is 1.90 bits per heavy atom. The molecule has 0 aromatic heterocycles. The van der Waals surface area contributed by atoms with E-state index in [1.165, 1.54) is 25.1 Å². The van der Waals surface area contributed by atoms with Crippen LogP contribution >= 0.6 is 0 Å². The van der Waals surface area contributed by atoms with Gasteiger partial charge < -0.3 is 10.2 Å². The maximum Gasteiger partial charge on any atom is 0.416 e. The molecule has 2 atom stereocenters. The number of halogens is 5. The Bertz CT molecular complexity index is 945. The molecule has 0 saturated carbocycles. The summed E-state index contributed by atoms with van der Waals surface area (Å²) in [6, 6.07) is 6.51. The van der Waals surface area contributed by atoms with Crippen LogP contribution in [-0.4, -0.2) is 18.4 Å². The third-order valence-corrected chi connectivity index (χ3v) is 4.77. The van der Waals surface area contributed by atoms with E-state index in [9.17, 15) is 31.5 Å². The molecule has 9 heteroatoms. The highest BCUT2D eigenvalue weighted by Crippen LogP contribution is 2.33. The zero-order chi connectivity index (χ0) is 21.3. The molecule has 2 amide bonds. The number of benzene rings is 2. The Labute approximate surface area is 163 Å². The number of hydrogen-bond donors (Lipinski definition) is 1. The van der Waals surface area contributed by atoms with E-state index in [-0.39, 0.29) is 24.2 Å². The number of nitrogens with one attached hydrogen (secondary N) is 1. The average molecular weight is 412 g/mol. The second-order valence-electron chi connectivity index (χ2n) is 6.85. The van der Waals surface area contributed by atoms with Crippen molar-refractivity contribution in [2.45, 2.75) is 25.6 Å². The van der Waals surface area contributed by atoms with E-state index in [0.717, 1.165) is 23.1 Å². The number of alkyl halides is 3. The fraction of sp³-hybridized carbons (Fsp3) is 0.300. The average Bonchev–Trinajstić information content (AvgIpc) is 3.03. The number of carbonyl (C=O) groups is 2. The van der Waals surface area contributed by atoms with Gasteiger partial charge in [-0.25, -0.2) is 8.78 Å². The van der Waals surface area contributed by atoms with Gasteiger partial charge in [-0.05, 0) is 31.2 Å². The largest absolute Gasteiger partial charge is 0.416 e. The lowest BCUT2D eigenvalue weighted by molar-refractivity contribution is -0.137. The summed E-state index contributed by atoms with van der Waals surface area (Å²) < 4.78 is 65.6. The third kappa shape index (κ3) is 4.55. The van der Waals surface area contributed by atoms with Gasteiger partial charge >= 0.3 is 6.18 Å². The molecular formula is C20H17F5N2O2. The molecule has 1 aliphatic rings. The van der Waals surface area contributed by atoms with Gasteiger partial charge in [0.25, 0.3) is 0 Å². The Kier molecular flexibility index (Phi) is 5.59. The molecule has 3 rings (SSSR count). The smallest absolute Gasteiger partial charge is 0.349 e. The summed E-state index contributed by atoms with van der Waals surface area (Å²) in [5.74, 6) is -3.38. The Hall–Kier alpha value is -2.97. The monoisotopic (exact) mass is 412 g/mol. The maximum absolute atomic E-state index is 13.9. The Morgan fingerprint density at radius 3 is 2.55 bits per heavy atom. The number of nitrogens with zero attached hydrogens (tertiary/aromatic N) is 1. The van der Waals surface area contributed by atoms with Gasteiger partial charge in [-0.1, -0.05) is 12.1 Å². The predicted octanol–water partition coefficient (Wildman–Crippen LogP) is 4.21. The summed E-state index contributed by atoms with van der Waals surface area (Å²) in [5.41, 5.74) is -0.757. The lowest BCUT2D eigenvalue weighted by atomic mass is 10.0. The topological polar surface area (TPSA) is 49.4 Å². The van der Waals surface area contributed by atoms with Crippen LogP contribution in [0.2, 0.25) is 0 Å². The summed E-state index contributed by atoms with van der Waals surface area (Å²) in [6.07, 6.45) is -4.73. The maximum atomic E-state index is 13.9. The van der Waals surface area contributed by atoms with Crippen LogP contribution in [0.1, 0.15) is 30.5 Å². The molecule has 2 aromatic rings. The number of hydrogen-bond acceptors (Lipinski definition) is 2. The van der Waals surface area contributed by atoms with Gasteiger partial charge in [-0.3, -0.25) is 9.59 Å². The lowest BCUT2D eigenvalue weighted by Gasteiger charge is -2.20. The van der Waals surface area contributed by atoms with Crippen molar-refractivity contribution in [3.8, 4) is 0 Å². The first-order chi connectivity index (χ1) is 13.6. The van der Waals surface area contributed by atoms with Crippen molar-refractivity contribution in [3.05, 3.63) is 65.2 Å². The van der Waals surface area contributed by atoms with Crippen LogP contribution in [0.5, 0.6) is 0 Å². The highest BCUT2D eigenvalue weighted by Gasteiger charge is 2.37. The molecule has 1 saturated heterocycles. The van der Waals surface area contributed by atoms with Crippen LogP contribution in [0.15, 0.2) is 42.5 Å². The van der Waals surface area contributed by atoms with Crippen molar-refractivity contribution in [1.29, 1.82) is 0 Å². The van der Waals surface area contributed by atoms with Gasteiger partial charge in [0.1, 0.15) is 11.6 Å². The van der Waals surface area contributed by atoms with Crippen LogP contribution < -0.4 is 10.2 Å². The molecule has 1 aliphatic heterocycles. The molecule has 29 heavy (non-hydrogen) atoms. The van der Waals surface area contributed by atoms with Gasteiger partial charge in [-0.15, -0.1) is 0 Å². The minimum atomic E-state index is -4.55. The zero-order valence-electron chi connectivity index (χ0n) is 15.3. The number of rotatable bonds is 4. The first kappa shape index (κ1) is 20.8. The van der Waals surface area contributed by atoms with Crippen LogP contribution in [0.4, 0.5) is 27.6 Å². The van der Waals surface area contributed by atoms with Crippen LogP contribution in [-0.2, 0) is 15.8 Å². The molecule has 0 aliphatic carbocycles. The molecule has 0 bridgehead atoms. The minimum absolute atomic E-state index is 0.0535. The van der Waals surface area contributed by atoms with E-state index in [4.69, 9.17) is 0 Å². The quantitative estimate of drug-likeness (QED) is 0.765. The fourth-order valence-corrected chi connectivity index (χ4v) is 3.24. The summed E-state index contributed by atoms with van der Waals surface area (Å²) in [5, 5.41) is 2.57. The third-order valence-electron chi connectivity index (χ3n) is 4.77. The lowest BCUT2D eigenvalue weighted by Crippen LogP contribution is -2.35. The van der Waals surface area contributed by atoms with E-state index in [2.05, 4.69) is 5.32 Å². The van der Waals surface area contributed by atoms with Gasteiger partial charge in [-0.2, -0.15) is 13.2 Å². The molecular weight excluding hydrogens is 395 g/mol. The van der Waals surface area contributed by atoms with Gasteiger partial charge in [0.05, 0.1) is 17.5 Å². The highest BCUT2D eigenvalue weighted by molar-refractivity contribution is 6.00. The Balaban J connectivity index is 1.70. The van der Waals surface area contributed by atoms with Crippen LogP contribution in [0, 0.1) is 17.6 Å². The standard InChI is InChI=1S/C20H17F5N2O2/c1-11(16-6-5-14(21)9-17(16)22)26-19(29)12-7-18(28)27(10-12)15-4-2-3-13(8-15)20(23,24)25/h2-6,8-9,11-12H,7,10H2,1H3,(H,26,29)/t11-,12-/m0/s1. The molecule has 154 valence electrons. The highest BCUT2D eigenvalue weighted by atomic mass is 19.4. The summed E-state index contributed by atoms with van der Waals surface area (Å²) in [7, 11) is 0. The summed E-state index contributed by atoms with van der Waals surface area (Å²) in [6.45, 7) is 1.42. The van der Waals surface area contributed by atoms with E-state index < -0.39 is 47.1 Å². The minimum Gasteiger partial charge on any atom is -0.349 e. The molecule has 1 fully saturated rings. The first-order valence-corrected chi connectivity index (χ1v) is 8.79. The molecule has 4 nitrogen and oxygen atoms in total. The molecule has 1 heterocycles. The first-order valence-electron chi connectivity index (χ1n) is 8.79. The second kappa shape index (κ2) is 7.81. The summed E-state index contributed by atoms with van der Waals surface area (Å²) >= 11 is 0. The predicted molar refractivity (Wildman–Crippen MR) is 94.8 cm³/mol. The normalized spacial score (nSPS) is 18.1. The van der Waals surface area contributed by atoms with Crippen molar-refractivity contribution >= 4 is 17.5 Å². The molecule has 0 radical (unpaired) electrons. The Morgan fingerprint density at radius 1 is 1.17 bits per heavy atom. The van der Waals surface area contributed by atoms with Gasteiger partial charge in [0, 0.05) is 30.3 Å². The molecule has 0 unspecified atom stereocenters. The van der Waals surface area contributed by atoms with E-state index in [1.807, 2.05) is 0 Å². The van der Waals surface area contributed by atoms with Crippen molar-refractivity contribution in [3.63, 3.8) is 0 Å². The fourth-order valence-electron chi connectivity index (χ4n) is 3.24. The van der Waals surface area contributed by atoms with E-state index in [0.29, 0.717) is 6.07 Å². The summed E-state index contributed by atoms with van der Waals surface area (Å²) in [4.78, 5) is 25.9. The number of amides is 2. The molecule has 0 spiro atoms. The van der Waals surface area contributed by atoms with Crippen LogP contribution in [0.25, 0.3) is 0 Å². The van der Waals surface area contributed by atoms with Crippen molar-refractivity contribution in [2.24, 2.45) is 5.92 Å². The SMILES string of the molecule is C[C@H](NC(=O)[C@H]1CC(=O)N(c2cccc(C(F)(F)F)c2)C1)c1ccc(F)cc1F. The van der Waals surface area contributed by atoms with Gasteiger partial charge in [0.2, 0.25) is 11.8 Å². The number of anilines is 1. The van der Waals surface area contributed by atoms with Crippen molar-refractivity contribution in [2.75, 3.05) is 11.4 Å². The van der Waals surface area contributed by atoms with Crippen molar-refractivity contribution in [1.82, 2.24) is 5.32 Å². The van der Waals surface area contributed by atoms with Crippen molar-refractivity contribution < 1.29 is 31.5 Å². The molecule has 2 aromatic carbocycles. The second-order valence-corrected chi connectivity index (χ2v) is 6.85. The molecule has 1 N–H and O–H groups in total. The van der Waals surface area contributed by atoms with Crippen LogP contribution in [0.3, 0.4) is 0 Å².